The molecule has 0 aliphatic rings. The Balaban J connectivity index is 2.67. The molecule has 0 aliphatic carbocycles. The van der Waals surface area contributed by atoms with E-state index in [9.17, 15) is 0 Å². The summed E-state index contributed by atoms with van der Waals surface area (Å²) in [5.74, 6) is 0.372. The molecule has 2 aromatic rings. The second-order valence-electron chi connectivity index (χ2n) is 4.93. The topological polar surface area (TPSA) is 24.9 Å². The van der Waals surface area contributed by atoms with E-state index in [1.165, 1.54) is 5.56 Å². The van der Waals surface area contributed by atoms with Gasteiger partial charge in [-0.3, -0.25) is 4.98 Å². The van der Waals surface area contributed by atoms with Crippen molar-refractivity contribution in [1.29, 1.82) is 0 Å². The average molecular weight is 297 g/mol. The van der Waals surface area contributed by atoms with Crippen molar-refractivity contribution in [2.75, 3.05) is 6.54 Å². The second kappa shape index (κ2) is 6.08. The number of hydrogen-bond donors (Lipinski definition) is 1. The number of aromatic nitrogens is 1. The van der Waals surface area contributed by atoms with E-state index < -0.39 is 0 Å². The molecule has 0 radical (unpaired) electrons. The summed E-state index contributed by atoms with van der Waals surface area (Å²) >= 11 is 12.4. The van der Waals surface area contributed by atoms with Gasteiger partial charge in [0.2, 0.25) is 0 Å². The lowest BCUT2D eigenvalue weighted by Crippen LogP contribution is -2.13. The molecule has 1 heterocycles. The van der Waals surface area contributed by atoms with Crippen molar-refractivity contribution in [2.24, 2.45) is 0 Å². The Hall–Kier alpha value is -0.830. The molecular formula is C15H18Cl2N2. The van der Waals surface area contributed by atoms with Gasteiger partial charge < -0.3 is 5.32 Å². The van der Waals surface area contributed by atoms with Crippen molar-refractivity contribution in [1.82, 2.24) is 10.3 Å². The van der Waals surface area contributed by atoms with Crippen LogP contribution in [0.25, 0.3) is 10.9 Å². The standard InChI is InChI=1S/C15H18Cl2N2/c1-4-18-8-10-5-14(9(2)3)19-15-12(10)6-11(16)7-13(15)17/h5-7,9,18H,4,8H2,1-3H3. The summed E-state index contributed by atoms with van der Waals surface area (Å²) in [6, 6.07) is 5.83. The van der Waals surface area contributed by atoms with E-state index in [0.717, 1.165) is 29.7 Å². The van der Waals surface area contributed by atoms with E-state index in [0.29, 0.717) is 16.0 Å². The van der Waals surface area contributed by atoms with Crippen LogP contribution >= 0.6 is 23.2 Å². The van der Waals surface area contributed by atoms with Gasteiger partial charge in [-0.15, -0.1) is 0 Å². The molecule has 0 bridgehead atoms. The van der Waals surface area contributed by atoms with Crippen LogP contribution in [0.2, 0.25) is 10.0 Å². The van der Waals surface area contributed by atoms with Crippen LogP contribution in [0.15, 0.2) is 18.2 Å². The molecule has 0 spiro atoms. The third-order valence-electron chi connectivity index (χ3n) is 3.09. The SMILES string of the molecule is CCNCc1cc(C(C)C)nc2c(Cl)cc(Cl)cc12. The van der Waals surface area contributed by atoms with Crippen molar-refractivity contribution in [3.8, 4) is 0 Å². The fourth-order valence-electron chi connectivity index (χ4n) is 2.04. The molecule has 0 aliphatic heterocycles. The minimum Gasteiger partial charge on any atom is -0.313 e. The third-order valence-corrected chi connectivity index (χ3v) is 3.60. The van der Waals surface area contributed by atoms with Gasteiger partial charge in [0.25, 0.3) is 0 Å². The lowest BCUT2D eigenvalue weighted by molar-refractivity contribution is 0.726. The van der Waals surface area contributed by atoms with E-state index in [2.05, 4.69) is 37.1 Å². The van der Waals surface area contributed by atoms with Gasteiger partial charge in [0.05, 0.1) is 10.5 Å². The first-order chi connectivity index (χ1) is 9.02. The van der Waals surface area contributed by atoms with Crippen molar-refractivity contribution in [2.45, 2.75) is 33.2 Å². The number of nitrogens with zero attached hydrogens (tertiary/aromatic N) is 1. The van der Waals surface area contributed by atoms with Crippen LogP contribution in [0.4, 0.5) is 0 Å². The molecule has 1 aromatic heterocycles. The first kappa shape index (κ1) is 14.6. The predicted octanol–water partition coefficient (Wildman–Crippen LogP) is 4.77. The molecule has 0 unspecified atom stereocenters. The fourth-order valence-corrected chi connectivity index (χ4v) is 2.58. The average Bonchev–Trinajstić information content (AvgIpc) is 2.35. The van der Waals surface area contributed by atoms with E-state index >= 15 is 0 Å². The molecule has 0 atom stereocenters. The maximum absolute atomic E-state index is 6.28. The fraction of sp³-hybridized carbons (Fsp3) is 0.400. The molecule has 0 amide bonds. The summed E-state index contributed by atoms with van der Waals surface area (Å²) in [7, 11) is 0. The molecule has 102 valence electrons. The van der Waals surface area contributed by atoms with Gasteiger partial charge in [-0.05, 0) is 36.2 Å². The first-order valence-electron chi connectivity index (χ1n) is 6.52. The molecule has 19 heavy (non-hydrogen) atoms. The highest BCUT2D eigenvalue weighted by Gasteiger charge is 2.11. The number of fused-ring (bicyclic) bond motifs is 1. The summed E-state index contributed by atoms with van der Waals surface area (Å²) in [5, 5.41) is 5.64. The maximum atomic E-state index is 6.28. The monoisotopic (exact) mass is 296 g/mol. The summed E-state index contributed by atoms with van der Waals surface area (Å²) in [4.78, 5) is 4.67. The lowest BCUT2D eigenvalue weighted by Gasteiger charge is -2.13. The Morgan fingerprint density at radius 1 is 1.21 bits per heavy atom. The van der Waals surface area contributed by atoms with Gasteiger partial charge in [-0.25, -0.2) is 0 Å². The molecule has 0 fully saturated rings. The Kier molecular flexibility index (Phi) is 4.67. The lowest BCUT2D eigenvalue weighted by atomic mass is 10.0. The normalized spacial score (nSPS) is 11.5. The van der Waals surface area contributed by atoms with Gasteiger partial charge in [0.15, 0.2) is 0 Å². The summed E-state index contributed by atoms with van der Waals surface area (Å²) in [6.07, 6.45) is 0. The van der Waals surface area contributed by atoms with Crippen molar-refractivity contribution in [3.05, 3.63) is 39.5 Å². The number of hydrogen-bond acceptors (Lipinski definition) is 2. The Bertz CT molecular complexity index is 594. The largest absolute Gasteiger partial charge is 0.313 e. The Morgan fingerprint density at radius 3 is 2.58 bits per heavy atom. The summed E-state index contributed by atoms with van der Waals surface area (Å²) < 4.78 is 0. The van der Waals surface area contributed by atoms with Gasteiger partial charge in [0.1, 0.15) is 0 Å². The molecule has 0 saturated carbocycles. The van der Waals surface area contributed by atoms with Crippen molar-refractivity contribution < 1.29 is 0 Å². The zero-order valence-corrected chi connectivity index (χ0v) is 12.9. The van der Waals surface area contributed by atoms with Gasteiger partial charge in [-0.1, -0.05) is 44.0 Å². The molecule has 1 aromatic carbocycles. The quantitative estimate of drug-likeness (QED) is 0.879. The van der Waals surface area contributed by atoms with Gasteiger partial charge in [-0.2, -0.15) is 0 Å². The van der Waals surface area contributed by atoms with E-state index in [1.807, 2.05) is 6.07 Å². The Labute approximate surface area is 124 Å². The predicted molar refractivity (Wildman–Crippen MR) is 83.2 cm³/mol. The highest BCUT2D eigenvalue weighted by molar-refractivity contribution is 6.38. The Morgan fingerprint density at radius 2 is 1.95 bits per heavy atom. The zero-order chi connectivity index (χ0) is 14.0. The number of benzene rings is 1. The van der Waals surface area contributed by atoms with Crippen LogP contribution in [0.3, 0.4) is 0 Å². The number of nitrogens with one attached hydrogen (secondary N) is 1. The van der Waals surface area contributed by atoms with Gasteiger partial charge >= 0.3 is 0 Å². The summed E-state index contributed by atoms with van der Waals surface area (Å²) in [6.45, 7) is 8.08. The number of pyridine rings is 1. The highest BCUT2D eigenvalue weighted by atomic mass is 35.5. The molecular weight excluding hydrogens is 279 g/mol. The number of rotatable bonds is 4. The minimum atomic E-state index is 0.372. The maximum Gasteiger partial charge on any atom is 0.0895 e. The second-order valence-corrected chi connectivity index (χ2v) is 5.77. The van der Waals surface area contributed by atoms with Crippen LogP contribution in [0.5, 0.6) is 0 Å². The van der Waals surface area contributed by atoms with Gasteiger partial charge in [0, 0.05) is 22.6 Å². The van der Waals surface area contributed by atoms with Crippen molar-refractivity contribution in [3.63, 3.8) is 0 Å². The summed E-state index contributed by atoms with van der Waals surface area (Å²) in [5.41, 5.74) is 3.09. The molecule has 1 N–H and O–H groups in total. The smallest absolute Gasteiger partial charge is 0.0895 e. The van der Waals surface area contributed by atoms with Crippen LogP contribution < -0.4 is 5.32 Å². The van der Waals surface area contributed by atoms with E-state index in [1.54, 1.807) is 6.07 Å². The highest BCUT2D eigenvalue weighted by Crippen LogP contribution is 2.30. The molecule has 0 saturated heterocycles. The zero-order valence-electron chi connectivity index (χ0n) is 11.4. The molecule has 2 nitrogen and oxygen atoms in total. The molecule has 4 heteroatoms. The van der Waals surface area contributed by atoms with E-state index in [-0.39, 0.29) is 0 Å². The minimum absolute atomic E-state index is 0.372. The number of halogens is 2. The van der Waals surface area contributed by atoms with Crippen LogP contribution in [0.1, 0.15) is 37.9 Å². The van der Waals surface area contributed by atoms with Crippen LogP contribution in [-0.4, -0.2) is 11.5 Å². The first-order valence-corrected chi connectivity index (χ1v) is 7.27. The van der Waals surface area contributed by atoms with Crippen LogP contribution in [-0.2, 0) is 6.54 Å². The molecule has 2 rings (SSSR count). The third kappa shape index (κ3) is 3.19. The van der Waals surface area contributed by atoms with Crippen molar-refractivity contribution >= 4 is 34.1 Å². The van der Waals surface area contributed by atoms with E-state index in [4.69, 9.17) is 23.2 Å². The van der Waals surface area contributed by atoms with Crippen LogP contribution in [0, 0.1) is 0 Å².